The zero-order valence-corrected chi connectivity index (χ0v) is 16.0. The smallest absolute Gasteiger partial charge is 0.223 e. The Hall–Kier alpha value is -2.87. The van der Waals surface area contributed by atoms with E-state index in [-0.39, 0.29) is 0 Å². The highest BCUT2D eigenvalue weighted by Crippen LogP contribution is 2.31. The monoisotopic (exact) mass is 377 g/mol. The Morgan fingerprint density at radius 1 is 1.00 bits per heavy atom. The molecule has 4 heterocycles. The minimum Gasteiger partial charge on any atom is -0.354 e. The van der Waals surface area contributed by atoms with Crippen molar-refractivity contribution in [2.75, 3.05) is 31.1 Å². The van der Waals surface area contributed by atoms with Gasteiger partial charge in [0.2, 0.25) is 5.89 Å². The maximum Gasteiger partial charge on any atom is 0.223 e. The number of rotatable bonds is 4. The quantitative estimate of drug-likeness (QED) is 0.683. The van der Waals surface area contributed by atoms with E-state index >= 15 is 0 Å². The predicted octanol–water partition coefficient (Wildman–Crippen LogP) is 2.04. The molecule has 3 aromatic heterocycles. The fourth-order valence-corrected chi connectivity index (χ4v) is 4.03. The van der Waals surface area contributed by atoms with E-state index in [1.807, 2.05) is 19.1 Å². The van der Waals surface area contributed by atoms with Crippen molar-refractivity contribution in [1.29, 1.82) is 0 Å². The molecule has 28 heavy (non-hydrogen) atoms. The minimum atomic E-state index is 0.619. The van der Waals surface area contributed by atoms with Crippen LogP contribution in [-0.4, -0.2) is 56.2 Å². The number of piperazine rings is 1. The summed E-state index contributed by atoms with van der Waals surface area (Å²) in [7, 11) is 0. The van der Waals surface area contributed by atoms with Crippen LogP contribution in [0.15, 0.2) is 29.0 Å². The van der Waals surface area contributed by atoms with Crippen LogP contribution in [0.25, 0.3) is 11.4 Å². The van der Waals surface area contributed by atoms with Gasteiger partial charge in [-0.25, -0.2) is 9.97 Å². The number of aryl methyl sites for hydroxylation is 2. The maximum atomic E-state index is 5.08. The second-order valence-electron chi connectivity index (χ2n) is 7.38. The molecule has 1 aliphatic carbocycles. The van der Waals surface area contributed by atoms with Crippen molar-refractivity contribution in [1.82, 2.24) is 30.0 Å². The van der Waals surface area contributed by atoms with E-state index in [2.05, 4.69) is 24.9 Å². The third-order valence-electron chi connectivity index (χ3n) is 5.46. The molecule has 1 saturated heterocycles. The lowest BCUT2D eigenvalue weighted by molar-refractivity contribution is 0.239. The molecule has 0 spiro atoms. The molecule has 2 aliphatic rings. The van der Waals surface area contributed by atoms with Crippen LogP contribution in [0.5, 0.6) is 0 Å². The molecule has 8 nitrogen and oxygen atoms in total. The highest BCUT2D eigenvalue weighted by molar-refractivity contribution is 5.61. The zero-order valence-electron chi connectivity index (χ0n) is 16.0. The molecule has 0 N–H and O–H groups in total. The highest BCUT2D eigenvalue weighted by Gasteiger charge is 2.26. The average molecular weight is 377 g/mol. The molecule has 0 bridgehead atoms. The van der Waals surface area contributed by atoms with Crippen molar-refractivity contribution in [2.45, 2.75) is 32.7 Å². The first-order valence-corrected chi connectivity index (χ1v) is 9.83. The largest absolute Gasteiger partial charge is 0.354 e. The van der Waals surface area contributed by atoms with Gasteiger partial charge in [0.1, 0.15) is 5.82 Å². The summed E-state index contributed by atoms with van der Waals surface area (Å²) in [5, 5.41) is 4.01. The van der Waals surface area contributed by atoms with Crippen LogP contribution in [0.3, 0.4) is 0 Å². The Labute approximate surface area is 163 Å². The Morgan fingerprint density at radius 2 is 1.82 bits per heavy atom. The first-order chi connectivity index (χ1) is 13.8. The summed E-state index contributed by atoms with van der Waals surface area (Å²) in [6.07, 6.45) is 6.87. The third-order valence-corrected chi connectivity index (χ3v) is 5.46. The van der Waals surface area contributed by atoms with Crippen LogP contribution >= 0.6 is 0 Å². The molecule has 0 atom stereocenters. The van der Waals surface area contributed by atoms with Crippen LogP contribution < -0.4 is 4.90 Å². The van der Waals surface area contributed by atoms with Gasteiger partial charge in [0, 0.05) is 62.3 Å². The van der Waals surface area contributed by atoms with Gasteiger partial charge in [0.15, 0.2) is 11.6 Å². The number of fused-ring (bicyclic) bond motifs is 1. The molecule has 0 radical (unpaired) electrons. The summed E-state index contributed by atoms with van der Waals surface area (Å²) in [6.45, 7) is 6.35. The van der Waals surface area contributed by atoms with Gasteiger partial charge in [-0.2, -0.15) is 4.98 Å². The summed E-state index contributed by atoms with van der Waals surface area (Å²) in [5.41, 5.74) is 3.57. The summed E-state index contributed by atoms with van der Waals surface area (Å²) in [4.78, 5) is 23.0. The van der Waals surface area contributed by atoms with Gasteiger partial charge in [0.05, 0.1) is 6.54 Å². The first kappa shape index (κ1) is 17.2. The normalized spacial score (nSPS) is 17.1. The summed E-state index contributed by atoms with van der Waals surface area (Å²) < 4.78 is 5.08. The van der Waals surface area contributed by atoms with Crippen molar-refractivity contribution < 1.29 is 4.52 Å². The van der Waals surface area contributed by atoms with Crippen LogP contribution in [0.2, 0.25) is 0 Å². The maximum absolute atomic E-state index is 5.08. The van der Waals surface area contributed by atoms with Crippen molar-refractivity contribution in [3.63, 3.8) is 0 Å². The van der Waals surface area contributed by atoms with Gasteiger partial charge >= 0.3 is 0 Å². The van der Waals surface area contributed by atoms with Gasteiger partial charge in [-0.3, -0.25) is 9.88 Å². The molecule has 8 heteroatoms. The van der Waals surface area contributed by atoms with Crippen molar-refractivity contribution in [2.24, 2.45) is 0 Å². The third kappa shape index (κ3) is 3.35. The van der Waals surface area contributed by atoms with Crippen molar-refractivity contribution in [3.8, 4) is 11.4 Å². The van der Waals surface area contributed by atoms with Crippen molar-refractivity contribution in [3.05, 3.63) is 47.5 Å². The first-order valence-electron chi connectivity index (χ1n) is 9.83. The topological polar surface area (TPSA) is 84.1 Å². The van der Waals surface area contributed by atoms with E-state index in [1.165, 1.54) is 11.3 Å². The molecule has 144 valence electrons. The fraction of sp³-hybridized carbons (Fsp3) is 0.450. The number of aromatic nitrogens is 5. The predicted molar refractivity (Wildman–Crippen MR) is 104 cm³/mol. The van der Waals surface area contributed by atoms with E-state index in [1.54, 1.807) is 12.4 Å². The van der Waals surface area contributed by atoms with Gasteiger partial charge < -0.3 is 9.42 Å². The SMILES string of the molecule is Cc1nc(CN2CCN(c3nc(-c4ccncc4)nc4c3CCC4)CC2)no1. The van der Waals surface area contributed by atoms with E-state index in [9.17, 15) is 0 Å². The number of pyridine rings is 1. The Kier molecular flexibility index (Phi) is 4.48. The lowest BCUT2D eigenvalue weighted by Gasteiger charge is -2.35. The molecular formula is C20H23N7O. The van der Waals surface area contributed by atoms with E-state index < -0.39 is 0 Å². The molecular weight excluding hydrogens is 354 g/mol. The number of nitrogens with zero attached hydrogens (tertiary/aromatic N) is 7. The Balaban J connectivity index is 1.36. The van der Waals surface area contributed by atoms with E-state index in [4.69, 9.17) is 14.5 Å². The molecule has 0 saturated carbocycles. The van der Waals surface area contributed by atoms with E-state index in [0.717, 1.165) is 75.0 Å². The average Bonchev–Trinajstić information content (AvgIpc) is 3.37. The Morgan fingerprint density at radius 3 is 2.57 bits per heavy atom. The lowest BCUT2D eigenvalue weighted by atomic mass is 10.2. The number of hydrogen-bond donors (Lipinski definition) is 0. The summed E-state index contributed by atoms with van der Waals surface area (Å²) in [5.74, 6) is 3.30. The number of hydrogen-bond acceptors (Lipinski definition) is 8. The molecule has 3 aromatic rings. The highest BCUT2D eigenvalue weighted by atomic mass is 16.5. The second-order valence-corrected chi connectivity index (χ2v) is 7.38. The van der Waals surface area contributed by atoms with Crippen molar-refractivity contribution >= 4 is 5.82 Å². The van der Waals surface area contributed by atoms with Crippen LogP contribution in [0, 0.1) is 6.92 Å². The van der Waals surface area contributed by atoms with Gasteiger partial charge in [-0.1, -0.05) is 5.16 Å². The minimum absolute atomic E-state index is 0.619. The second kappa shape index (κ2) is 7.27. The van der Waals surface area contributed by atoms with Crippen LogP contribution in [0.1, 0.15) is 29.4 Å². The van der Waals surface area contributed by atoms with Crippen LogP contribution in [0.4, 0.5) is 5.82 Å². The Bertz CT molecular complexity index is 964. The van der Waals surface area contributed by atoms with E-state index in [0.29, 0.717) is 5.89 Å². The van der Waals surface area contributed by atoms with Crippen LogP contribution in [-0.2, 0) is 19.4 Å². The molecule has 0 amide bonds. The van der Waals surface area contributed by atoms with Gasteiger partial charge in [0.25, 0.3) is 0 Å². The molecule has 5 rings (SSSR count). The lowest BCUT2D eigenvalue weighted by Crippen LogP contribution is -2.46. The molecule has 0 unspecified atom stereocenters. The van der Waals surface area contributed by atoms with Gasteiger partial charge in [-0.05, 0) is 31.4 Å². The summed E-state index contributed by atoms with van der Waals surface area (Å²) in [6, 6.07) is 3.95. The number of anilines is 1. The standard InChI is InChI=1S/C20H23N7O/c1-14-22-18(25-28-14)13-26-9-11-27(12-10-26)20-16-3-2-4-17(16)23-19(24-20)15-5-7-21-8-6-15/h5-8H,2-4,9-13H2,1H3. The molecule has 0 aromatic carbocycles. The summed E-state index contributed by atoms with van der Waals surface area (Å²) >= 11 is 0. The molecule has 1 aliphatic heterocycles. The zero-order chi connectivity index (χ0) is 18.9. The fourth-order valence-electron chi connectivity index (χ4n) is 4.03. The molecule has 1 fully saturated rings. The van der Waals surface area contributed by atoms with Gasteiger partial charge in [-0.15, -0.1) is 0 Å².